The van der Waals surface area contributed by atoms with E-state index in [9.17, 15) is 8.78 Å². The van der Waals surface area contributed by atoms with Gasteiger partial charge in [0, 0.05) is 22.4 Å². The fourth-order valence-corrected chi connectivity index (χ4v) is 1.97. The molecule has 0 unspecified atom stereocenters. The molecular weight excluding hydrogens is 270 g/mol. The van der Waals surface area contributed by atoms with Crippen LogP contribution in [0.4, 0.5) is 8.78 Å². The van der Waals surface area contributed by atoms with Crippen LogP contribution in [0.5, 0.6) is 0 Å². The van der Waals surface area contributed by atoms with Crippen LogP contribution in [0, 0.1) is 6.92 Å². The average Bonchev–Trinajstić information content (AvgIpc) is 2.41. The minimum absolute atomic E-state index is 0.0160. The van der Waals surface area contributed by atoms with Gasteiger partial charge >= 0.3 is 0 Å². The summed E-state index contributed by atoms with van der Waals surface area (Å²) in [6.45, 7) is 3.85. The van der Waals surface area contributed by atoms with Crippen molar-refractivity contribution in [3.8, 4) is 11.4 Å². The monoisotopic (exact) mass is 282 g/mol. The van der Waals surface area contributed by atoms with Crippen molar-refractivity contribution in [2.24, 2.45) is 0 Å². The Morgan fingerprint density at radius 1 is 1.16 bits per heavy atom. The molecule has 0 amide bonds. The van der Waals surface area contributed by atoms with Crippen LogP contribution in [0.15, 0.2) is 24.3 Å². The number of hydrogen-bond acceptors (Lipinski definition) is 2. The molecule has 1 aromatic heterocycles. The molecule has 5 heteroatoms. The van der Waals surface area contributed by atoms with Gasteiger partial charge in [0.25, 0.3) is 6.43 Å². The van der Waals surface area contributed by atoms with Crippen molar-refractivity contribution in [1.29, 1.82) is 0 Å². The fraction of sp³-hybridized carbons (Fsp3) is 0.286. The third kappa shape index (κ3) is 2.89. The van der Waals surface area contributed by atoms with Crippen LogP contribution < -0.4 is 0 Å². The Morgan fingerprint density at radius 3 is 2.32 bits per heavy atom. The number of nitrogens with zero attached hydrogens (tertiary/aromatic N) is 2. The molecule has 0 saturated carbocycles. The summed E-state index contributed by atoms with van der Waals surface area (Å²) in [6, 6.07) is 5.93. The quantitative estimate of drug-likeness (QED) is 0.769. The van der Waals surface area contributed by atoms with Crippen LogP contribution in [-0.4, -0.2) is 9.97 Å². The second-order valence-corrected chi connectivity index (χ2v) is 4.54. The lowest BCUT2D eigenvalue weighted by atomic mass is 10.1. The van der Waals surface area contributed by atoms with Gasteiger partial charge in [-0.2, -0.15) is 0 Å². The van der Waals surface area contributed by atoms with Crippen LogP contribution in [-0.2, 0) is 6.42 Å². The third-order valence-corrected chi connectivity index (χ3v) is 3.31. The van der Waals surface area contributed by atoms with E-state index in [0.29, 0.717) is 16.5 Å². The van der Waals surface area contributed by atoms with E-state index < -0.39 is 6.43 Å². The predicted molar refractivity (Wildman–Crippen MR) is 71.6 cm³/mol. The highest BCUT2D eigenvalue weighted by Gasteiger charge is 2.11. The molecule has 0 spiro atoms. The Labute approximate surface area is 115 Å². The van der Waals surface area contributed by atoms with Gasteiger partial charge in [0.2, 0.25) is 0 Å². The first kappa shape index (κ1) is 13.9. The number of aryl methyl sites for hydroxylation is 1. The first-order valence-corrected chi connectivity index (χ1v) is 6.32. The number of aromatic nitrogens is 2. The summed E-state index contributed by atoms with van der Waals surface area (Å²) < 4.78 is 25.0. The molecule has 0 atom stereocenters. The summed E-state index contributed by atoms with van der Waals surface area (Å²) in [4.78, 5) is 8.61. The molecule has 0 aliphatic heterocycles. The molecule has 0 bridgehead atoms. The first-order chi connectivity index (χ1) is 9.02. The molecule has 19 heavy (non-hydrogen) atoms. The molecule has 1 aromatic carbocycles. The van der Waals surface area contributed by atoms with E-state index in [2.05, 4.69) is 9.97 Å². The summed E-state index contributed by atoms with van der Waals surface area (Å²) in [6.07, 6.45) is -1.72. The van der Waals surface area contributed by atoms with E-state index in [1.54, 1.807) is 12.1 Å². The molecular formula is C14H13ClF2N2. The Kier molecular flexibility index (Phi) is 4.10. The highest BCUT2D eigenvalue weighted by Crippen LogP contribution is 2.25. The van der Waals surface area contributed by atoms with Crippen molar-refractivity contribution in [3.05, 3.63) is 46.2 Å². The molecule has 2 nitrogen and oxygen atoms in total. The maximum Gasteiger partial charge on any atom is 0.263 e. The maximum atomic E-state index is 12.5. The van der Waals surface area contributed by atoms with Gasteiger partial charge in [-0.15, -0.1) is 0 Å². The fourth-order valence-electron chi connectivity index (χ4n) is 1.78. The predicted octanol–water partition coefficient (Wildman–Crippen LogP) is 4.61. The molecule has 0 aliphatic rings. The normalized spacial score (nSPS) is 11.1. The van der Waals surface area contributed by atoms with E-state index in [0.717, 1.165) is 17.7 Å². The Balaban J connectivity index is 2.44. The standard InChI is InChI=1S/C14H13ClF2N2/c1-3-11-8(2)12(15)19-14(18-11)10-6-4-9(5-7-10)13(16)17/h4-7,13H,3H2,1-2H3. The number of halogens is 3. The minimum atomic E-state index is -2.47. The largest absolute Gasteiger partial charge is 0.263 e. The number of rotatable bonds is 3. The van der Waals surface area contributed by atoms with Gasteiger partial charge in [-0.3, -0.25) is 0 Å². The zero-order valence-electron chi connectivity index (χ0n) is 10.6. The van der Waals surface area contributed by atoms with Gasteiger partial charge in [-0.05, 0) is 13.3 Å². The molecule has 1 heterocycles. The second kappa shape index (κ2) is 5.61. The number of alkyl halides is 2. The van der Waals surface area contributed by atoms with Gasteiger partial charge in [0.05, 0.1) is 0 Å². The van der Waals surface area contributed by atoms with Crippen molar-refractivity contribution in [1.82, 2.24) is 9.97 Å². The Bertz CT molecular complexity index is 583. The van der Waals surface area contributed by atoms with Crippen molar-refractivity contribution >= 4 is 11.6 Å². The van der Waals surface area contributed by atoms with Crippen molar-refractivity contribution < 1.29 is 8.78 Å². The van der Waals surface area contributed by atoms with E-state index in [-0.39, 0.29) is 5.56 Å². The highest BCUT2D eigenvalue weighted by atomic mass is 35.5. The molecule has 0 radical (unpaired) electrons. The summed E-state index contributed by atoms with van der Waals surface area (Å²) >= 11 is 6.06. The van der Waals surface area contributed by atoms with Crippen molar-refractivity contribution in [2.75, 3.05) is 0 Å². The van der Waals surface area contributed by atoms with Gasteiger partial charge < -0.3 is 0 Å². The lowest BCUT2D eigenvalue weighted by molar-refractivity contribution is 0.151. The summed E-state index contributed by atoms with van der Waals surface area (Å²) in [7, 11) is 0. The van der Waals surface area contributed by atoms with Gasteiger partial charge in [-0.25, -0.2) is 18.7 Å². The molecule has 100 valence electrons. The highest BCUT2D eigenvalue weighted by molar-refractivity contribution is 6.30. The Hall–Kier alpha value is -1.55. The molecule has 0 N–H and O–H groups in total. The van der Waals surface area contributed by atoms with Crippen molar-refractivity contribution in [3.63, 3.8) is 0 Å². The second-order valence-electron chi connectivity index (χ2n) is 4.19. The number of benzene rings is 1. The molecule has 2 rings (SSSR count). The summed E-state index contributed by atoms with van der Waals surface area (Å²) in [5.41, 5.74) is 2.39. The SMILES string of the molecule is CCc1nc(-c2ccc(C(F)F)cc2)nc(Cl)c1C. The maximum absolute atomic E-state index is 12.5. The average molecular weight is 283 g/mol. The minimum Gasteiger partial charge on any atom is -0.233 e. The molecule has 0 aliphatic carbocycles. The lowest BCUT2D eigenvalue weighted by Crippen LogP contribution is -1.99. The lowest BCUT2D eigenvalue weighted by Gasteiger charge is -2.08. The van der Waals surface area contributed by atoms with E-state index in [1.807, 2.05) is 13.8 Å². The van der Waals surface area contributed by atoms with Gasteiger partial charge in [0.15, 0.2) is 5.82 Å². The van der Waals surface area contributed by atoms with Crippen LogP contribution in [0.1, 0.15) is 30.2 Å². The van der Waals surface area contributed by atoms with E-state index in [4.69, 9.17) is 11.6 Å². The van der Waals surface area contributed by atoms with Crippen LogP contribution in [0.25, 0.3) is 11.4 Å². The van der Waals surface area contributed by atoms with E-state index >= 15 is 0 Å². The van der Waals surface area contributed by atoms with Gasteiger partial charge in [0.1, 0.15) is 5.15 Å². The van der Waals surface area contributed by atoms with Gasteiger partial charge in [-0.1, -0.05) is 42.8 Å². The molecule has 0 fully saturated rings. The van der Waals surface area contributed by atoms with Crippen LogP contribution >= 0.6 is 11.6 Å². The topological polar surface area (TPSA) is 25.8 Å². The summed E-state index contributed by atoms with van der Waals surface area (Å²) in [5, 5.41) is 0.403. The van der Waals surface area contributed by atoms with Crippen LogP contribution in [0.3, 0.4) is 0 Å². The molecule has 0 saturated heterocycles. The zero-order chi connectivity index (χ0) is 14.0. The Morgan fingerprint density at radius 2 is 1.79 bits per heavy atom. The zero-order valence-corrected chi connectivity index (χ0v) is 11.4. The smallest absolute Gasteiger partial charge is 0.233 e. The first-order valence-electron chi connectivity index (χ1n) is 5.94. The molecule has 2 aromatic rings. The number of hydrogen-bond donors (Lipinski definition) is 0. The van der Waals surface area contributed by atoms with E-state index in [1.165, 1.54) is 12.1 Å². The summed E-state index contributed by atoms with van der Waals surface area (Å²) in [5.74, 6) is 0.466. The van der Waals surface area contributed by atoms with Crippen LogP contribution in [0.2, 0.25) is 5.15 Å². The third-order valence-electron chi connectivity index (χ3n) is 2.94. The van der Waals surface area contributed by atoms with Crippen molar-refractivity contribution in [2.45, 2.75) is 26.7 Å².